The Morgan fingerprint density at radius 1 is 0.561 bits per heavy atom. The molecule has 1 heterocycles. The Morgan fingerprint density at radius 2 is 1.02 bits per heavy atom. The molecule has 2 amide bonds. The fraction of sp³-hybridized carbons (Fsp3) is 0.125. The van der Waals surface area contributed by atoms with E-state index in [1.54, 1.807) is 0 Å². The molecule has 1 aliphatic heterocycles. The number of amides is 2. The third-order valence-corrected chi connectivity index (χ3v) is 4.42. The Balaban J connectivity index is 0.000000320. The summed E-state index contributed by atoms with van der Waals surface area (Å²) >= 11 is 0. The second-order valence-corrected chi connectivity index (χ2v) is 6.90. The summed E-state index contributed by atoms with van der Waals surface area (Å²) in [5, 5.41) is 78.5. The first-order chi connectivity index (χ1) is 18.9. The van der Waals surface area contributed by atoms with Crippen LogP contribution in [-0.2, 0) is 0 Å². The van der Waals surface area contributed by atoms with Gasteiger partial charge in [0.25, 0.3) is 17.1 Å². The zero-order valence-corrected chi connectivity index (χ0v) is 19.9. The smallest absolute Gasteiger partial charge is 0.390 e. The number of carbonyl (C=O) groups excluding carboxylic acids is 1. The van der Waals surface area contributed by atoms with Crippen LogP contribution in [0, 0.1) is 84.6 Å². The van der Waals surface area contributed by atoms with Crippen molar-refractivity contribution in [2.45, 2.75) is 13.8 Å². The average molecular weight is 582 g/mol. The van der Waals surface area contributed by atoms with Crippen molar-refractivity contribution in [2.75, 3.05) is 0 Å². The lowest BCUT2D eigenvalue weighted by Gasteiger charge is -1.99. The molecule has 0 atom stereocenters. The first-order valence-electron chi connectivity index (χ1n) is 9.74. The van der Waals surface area contributed by atoms with Gasteiger partial charge in [-0.25, -0.2) is 4.79 Å². The van der Waals surface area contributed by atoms with E-state index >= 15 is 0 Å². The second-order valence-electron chi connectivity index (χ2n) is 6.90. The summed E-state index contributed by atoms with van der Waals surface area (Å²) in [6, 6.07) is 2.44. The van der Waals surface area contributed by atoms with Gasteiger partial charge in [-0.3, -0.25) is 60.7 Å². The van der Waals surface area contributed by atoms with Crippen molar-refractivity contribution in [1.29, 1.82) is 0 Å². The Kier molecular flexibility index (Phi) is 10.3. The monoisotopic (exact) mass is 582 g/mol. The predicted octanol–water partition coefficient (Wildman–Crippen LogP) is 3.64. The summed E-state index contributed by atoms with van der Waals surface area (Å²) in [6.07, 6.45) is 0. The highest BCUT2D eigenvalue weighted by atomic mass is 16.7. The zero-order chi connectivity index (χ0) is 31.8. The number of hydrogen-bond acceptors (Lipinski definition) is 16. The van der Waals surface area contributed by atoms with Crippen molar-refractivity contribution < 1.29 is 39.3 Å². The van der Waals surface area contributed by atoms with E-state index in [1.165, 1.54) is 13.8 Å². The van der Waals surface area contributed by atoms with Gasteiger partial charge in [-0.1, -0.05) is 0 Å². The number of azo groups is 1. The quantitative estimate of drug-likeness (QED) is 0.346. The standard InChI is InChI=1S/2C7H5N3O6.C2N4O3/c1-4-6(9(13)14)2-5(8(11)12)3-7(4)10(15)16;1-4-2-3-5(8(11)12)7(10(15)16)6(4)9(13)14;7-2-3-1(4-5-2)6(8)9/h2*2-3H,1H3;. The van der Waals surface area contributed by atoms with Crippen LogP contribution in [0.1, 0.15) is 11.1 Å². The summed E-state index contributed by atoms with van der Waals surface area (Å²) in [5.74, 6) is -0.750. The van der Waals surface area contributed by atoms with Gasteiger partial charge in [0, 0.05) is 21.7 Å². The van der Waals surface area contributed by atoms with Crippen molar-refractivity contribution in [2.24, 2.45) is 15.2 Å². The first kappa shape index (κ1) is 32.2. The third kappa shape index (κ3) is 8.08. The van der Waals surface area contributed by atoms with E-state index in [4.69, 9.17) is 0 Å². The number of aliphatic imine (C=N–C) groups is 1. The molecule has 25 heteroatoms. The van der Waals surface area contributed by atoms with Gasteiger partial charge < -0.3 is 10.1 Å². The van der Waals surface area contributed by atoms with E-state index in [-0.39, 0.29) is 11.1 Å². The highest BCUT2D eigenvalue weighted by Crippen LogP contribution is 2.38. The van der Waals surface area contributed by atoms with Gasteiger partial charge >= 0.3 is 29.1 Å². The molecule has 0 N–H and O–H groups in total. The van der Waals surface area contributed by atoms with E-state index in [2.05, 4.69) is 15.2 Å². The molecule has 0 unspecified atom stereocenters. The third-order valence-electron chi connectivity index (χ3n) is 4.42. The number of nitro groups is 7. The van der Waals surface area contributed by atoms with Crippen LogP contribution in [0.3, 0.4) is 0 Å². The lowest BCUT2D eigenvalue weighted by molar-refractivity contribution is -0.441. The van der Waals surface area contributed by atoms with E-state index in [0.29, 0.717) is 12.1 Å². The Morgan fingerprint density at radius 3 is 1.32 bits per heavy atom. The predicted molar refractivity (Wildman–Crippen MR) is 127 cm³/mol. The van der Waals surface area contributed by atoms with Crippen molar-refractivity contribution >= 4 is 46.1 Å². The van der Waals surface area contributed by atoms with Gasteiger partial charge in [-0.2, -0.15) is 0 Å². The number of urea groups is 1. The molecular formula is C16H10N10O15. The van der Waals surface area contributed by atoms with Gasteiger partial charge in [0.1, 0.15) is 5.56 Å². The van der Waals surface area contributed by atoms with Crippen molar-refractivity contribution in [3.05, 3.63) is 106 Å². The maximum absolute atomic E-state index is 10.6. The number of aryl methyl sites for hydroxylation is 1. The van der Waals surface area contributed by atoms with Gasteiger partial charge in [0.05, 0.1) is 46.8 Å². The van der Waals surface area contributed by atoms with E-state index in [1.807, 2.05) is 0 Å². The van der Waals surface area contributed by atoms with Gasteiger partial charge in [0.15, 0.2) is 0 Å². The lowest BCUT2D eigenvalue weighted by atomic mass is 10.1. The summed E-state index contributed by atoms with van der Waals surface area (Å²) < 4.78 is 0. The minimum Gasteiger partial charge on any atom is -0.390 e. The normalized spacial score (nSPS) is 11.2. The number of carbonyl (C=O) groups is 1. The first-order valence-corrected chi connectivity index (χ1v) is 9.74. The molecule has 1 aliphatic rings. The van der Waals surface area contributed by atoms with E-state index in [0.717, 1.165) is 12.1 Å². The van der Waals surface area contributed by atoms with Crippen LogP contribution in [0.2, 0.25) is 0 Å². The topological polar surface area (TPSA) is 356 Å². The van der Waals surface area contributed by atoms with Gasteiger partial charge in [-0.15, -0.1) is 0 Å². The molecule has 2 aromatic rings. The zero-order valence-electron chi connectivity index (χ0n) is 19.9. The minimum atomic E-state index is -1.12. The van der Waals surface area contributed by atoms with E-state index in [9.17, 15) is 75.6 Å². The molecule has 0 aromatic heterocycles. The van der Waals surface area contributed by atoms with Crippen LogP contribution in [0.25, 0.3) is 0 Å². The molecule has 0 fully saturated rings. The Labute approximate surface area is 221 Å². The molecule has 0 radical (unpaired) electrons. The summed E-state index contributed by atoms with van der Waals surface area (Å²) in [7, 11) is 0. The van der Waals surface area contributed by atoms with Crippen molar-refractivity contribution in [1.82, 2.24) is 0 Å². The number of guanidine groups is 1. The molecule has 0 saturated carbocycles. The van der Waals surface area contributed by atoms with Crippen LogP contribution in [0.15, 0.2) is 39.5 Å². The Bertz CT molecular complexity index is 1550. The summed E-state index contributed by atoms with van der Waals surface area (Å²) in [6.45, 7) is 2.44. The molecule has 0 spiro atoms. The molecule has 0 bridgehead atoms. The molecular weight excluding hydrogens is 572 g/mol. The molecule has 214 valence electrons. The van der Waals surface area contributed by atoms with Crippen LogP contribution in [-0.4, -0.2) is 46.5 Å². The maximum Gasteiger partial charge on any atom is 0.496 e. The number of nitrogens with zero attached hydrogens (tertiary/aromatic N) is 10. The van der Waals surface area contributed by atoms with Crippen LogP contribution >= 0.6 is 0 Å². The molecule has 0 aliphatic carbocycles. The molecule has 0 saturated heterocycles. The SMILES string of the molecule is Cc1c([N+](=O)[O-])cc([N+](=O)[O-])cc1[N+](=O)[O-].Cc1ccc([N+](=O)[O-])c([N+](=O)[O-])c1[N+](=O)[O-].O=C1N=NC([N+](=O)[O-])=N1. The molecule has 2 aromatic carbocycles. The average Bonchev–Trinajstić information content (AvgIpc) is 3.30. The maximum atomic E-state index is 10.6. The highest BCUT2D eigenvalue weighted by Gasteiger charge is 2.37. The summed E-state index contributed by atoms with van der Waals surface area (Å²) in [4.78, 5) is 79.0. The van der Waals surface area contributed by atoms with Crippen LogP contribution in [0.5, 0.6) is 0 Å². The number of rotatable bonds is 6. The van der Waals surface area contributed by atoms with Crippen LogP contribution in [0.4, 0.5) is 38.9 Å². The fourth-order valence-corrected chi connectivity index (χ4v) is 2.68. The molecule has 41 heavy (non-hydrogen) atoms. The molecule has 25 nitrogen and oxygen atoms in total. The van der Waals surface area contributed by atoms with E-state index < -0.39 is 80.6 Å². The van der Waals surface area contributed by atoms with Crippen LogP contribution < -0.4 is 0 Å². The lowest BCUT2D eigenvalue weighted by Crippen LogP contribution is -2.05. The van der Waals surface area contributed by atoms with Crippen molar-refractivity contribution in [3.63, 3.8) is 0 Å². The number of nitro benzene ring substituents is 6. The van der Waals surface area contributed by atoms with Crippen molar-refractivity contribution in [3.8, 4) is 0 Å². The number of hydrogen-bond donors (Lipinski definition) is 0. The van der Waals surface area contributed by atoms with Gasteiger partial charge in [0.2, 0.25) is 0 Å². The fourth-order valence-electron chi connectivity index (χ4n) is 2.68. The largest absolute Gasteiger partial charge is 0.496 e. The number of non-ortho nitro benzene ring substituents is 1. The minimum absolute atomic E-state index is 0.00213. The molecule has 3 rings (SSSR count). The highest BCUT2D eigenvalue weighted by molar-refractivity contribution is 5.93. The Hall–Kier alpha value is -6.82. The summed E-state index contributed by atoms with van der Waals surface area (Å²) in [5.41, 5.74) is -4.98. The second kappa shape index (κ2) is 13.1. The van der Waals surface area contributed by atoms with Gasteiger partial charge in [-0.05, 0) is 24.8 Å². The number of benzene rings is 2.